The highest BCUT2D eigenvalue weighted by Crippen LogP contribution is 2.26. The summed E-state index contributed by atoms with van der Waals surface area (Å²) in [6, 6.07) is 6.11. The quantitative estimate of drug-likeness (QED) is 0.832. The van der Waals surface area contributed by atoms with Crippen molar-refractivity contribution in [3.63, 3.8) is 0 Å². The van der Waals surface area contributed by atoms with E-state index in [1.165, 1.54) is 5.56 Å². The van der Waals surface area contributed by atoms with Gasteiger partial charge in [-0.1, -0.05) is 12.1 Å². The van der Waals surface area contributed by atoms with Crippen molar-refractivity contribution in [2.24, 2.45) is 0 Å². The van der Waals surface area contributed by atoms with E-state index in [9.17, 15) is 4.79 Å². The summed E-state index contributed by atoms with van der Waals surface area (Å²) in [5.74, 6) is 0.0109. The molecule has 0 aliphatic carbocycles. The van der Waals surface area contributed by atoms with Gasteiger partial charge >= 0.3 is 0 Å². The van der Waals surface area contributed by atoms with Crippen LogP contribution in [-0.4, -0.2) is 31.7 Å². The molecule has 1 aromatic carbocycles. The Bertz CT molecular complexity index is 453. The average Bonchev–Trinajstić information content (AvgIpc) is 2.91. The average molecular weight is 246 g/mol. The molecule has 2 heterocycles. The Morgan fingerprint density at radius 3 is 3.22 bits per heavy atom. The van der Waals surface area contributed by atoms with E-state index in [4.69, 9.17) is 4.74 Å². The Hall–Kier alpha value is -1.55. The molecule has 1 amide bonds. The van der Waals surface area contributed by atoms with Crippen LogP contribution in [0.2, 0.25) is 0 Å². The number of fused-ring (bicyclic) bond motifs is 1. The molecule has 0 saturated carbocycles. The molecule has 1 saturated heterocycles. The molecule has 2 aliphatic heterocycles. The van der Waals surface area contributed by atoms with E-state index in [-0.39, 0.29) is 11.9 Å². The van der Waals surface area contributed by atoms with Crippen molar-refractivity contribution in [2.75, 3.05) is 25.1 Å². The number of carbonyl (C=O) groups is 1. The molecule has 4 heteroatoms. The summed E-state index contributed by atoms with van der Waals surface area (Å²) < 4.78 is 5.28. The number of hydrogen-bond acceptors (Lipinski definition) is 3. The van der Waals surface area contributed by atoms with Gasteiger partial charge < -0.3 is 15.4 Å². The summed E-state index contributed by atoms with van der Waals surface area (Å²) in [5, 5.41) is 6.39. The molecular weight excluding hydrogens is 228 g/mol. The second-order valence-corrected chi connectivity index (χ2v) is 4.90. The van der Waals surface area contributed by atoms with Crippen LogP contribution in [0, 0.1) is 0 Å². The highest BCUT2D eigenvalue weighted by atomic mass is 16.5. The predicted octanol–water partition coefficient (Wildman–Crippen LogP) is 1.56. The molecule has 2 aliphatic rings. The number of amides is 1. The highest BCUT2D eigenvalue weighted by molar-refractivity contribution is 6.00. The second-order valence-electron chi connectivity index (χ2n) is 4.90. The number of benzene rings is 1. The van der Waals surface area contributed by atoms with Crippen LogP contribution in [0.5, 0.6) is 0 Å². The van der Waals surface area contributed by atoms with E-state index in [1.54, 1.807) is 0 Å². The zero-order valence-corrected chi connectivity index (χ0v) is 10.4. The van der Waals surface area contributed by atoms with Crippen LogP contribution in [0.1, 0.15) is 28.8 Å². The molecule has 4 nitrogen and oxygen atoms in total. The van der Waals surface area contributed by atoms with Crippen molar-refractivity contribution in [3.05, 3.63) is 29.3 Å². The van der Waals surface area contributed by atoms with Crippen molar-refractivity contribution in [1.82, 2.24) is 5.32 Å². The molecule has 0 aromatic heterocycles. The fraction of sp³-hybridized carbons (Fsp3) is 0.500. The molecule has 0 radical (unpaired) electrons. The van der Waals surface area contributed by atoms with Crippen LogP contribution >= 0.6 is 0 Å². The van der Waals surface area contributed by atoms with Gasteiger partial charge in [-0.05, 0) is 30.9 Å². The number of ether oxygens (including phenoxy) is 1. The lowest BCUT2D eigenvalue weighted by Crippen LogP contribution is -2.35. The number of nitrogens with one attached hydrogen (secondary N) is 2. The minimum Gasteiger partial charge on any atom is -0.384 e. The molecule has 2 N–H and O–H groups in total. The third kappa shape index (κ3) is 2.20. The first-order chi connectivity index (χ1) is 8.84. The molecule has 1 unspecified atom stereocenters. The normalized spacial score (nSPS) is 22.1. The largest absolute Gasteiger partial charge is 0.384 e. The van der Waals surface area contributed by atoms with Gasteiger partial charge in [0.25, 0.3) is 5.91 Å². The summed E-state index contributed by atoms with van der Waals surface area (Å²) in [5.41, 5.74) is 3.02. The molecular formula is C14H18N2O2. The van der Waals surface area contributed by atoms with Gasteiger partial charge in [0.1, 0.15) is 0 Å². The number of hydrogen-bond donors (Lipinski definition) is 2. The van der Waals surface area contributed by atoms with Crippen molar-refractivity contribution in [2.45, 2.75) is 25.3 Å². The molecule has 3 rings (SSSR count). The molecule has 0 bridgehead atoms. The number of carbonyl (C=O) groups excluding carboxylic acids is 1. The number of rotatable bonds is 2. The first kappa shape index (κ1) is 11.5. The highest BCUT2D eigenvalue weighted by Gasteiger charge is 2.22. The van der Waals surface area contributed by atoms with Crippen LogP contribution in [0.3, 0.4) is 0 Å². The molecule has 1 fully saturated rings. The Labute approximate surface area is 107 Å². The predicted molar refractivity (Wildman–Crippen MR) is 69.9 cm³/mol. The van der Waals surface area contributed by atoms with E-state index in [0.717, 1.165) is 43.7 Å². The lowest BCUT2D eigenvalue weighted by molar-refractivity contribution is 0.0930. The Morgan fingerprint density at radius 2 is 2.39 bits per heavy atom. The third-order valence-electron chi connectivity index (χ3n) is 3.58. The van der Waals surface area contributed by atoms with Crippen LogP contribution in [0.25, 0.3) is 0 Å². The van der Waals surface area contributed by atoms with Crippen molar-refractivity contribution < 1.29 is 9.53 Å². The lowest BCUT2D eigenvalue weighted by Gasteiger charge is -2.21. The fourth-order valence-corrected chi connectivity index (χ4v) is 2.61. The van der Waals surface area contributed by atoms with Gasteiger partial charge in [0, 0.05) is 13.2 Å². The minimum absolute atomic E-state index is 0.0109. The standard InChI is InChI=1S/C14H18N2O2/c17-14(16-11-6-8-18-9-11)12-5-1-3-10-4-2-7-15-13(10)12/h1,3,5,11,15H,2,4,6-9H2,(H,16,17). The number of aryl methyl sites for hydroxylation is 1. The molecule has 1 atom stereocenters. The maximum atomic E-state index is 12.3. The molecule has 1 aromatic rings. The lowest BCUT2D eigenvalue weighted by atomic mass is 9.99. The van der Waals surface area contributed by atoms with Crippen molar-refractivity contribution in [1.29, 1.82) is 0 Å². The van der Waals surface area contributed by atoms with Crippen molar-refractivity contribution >= 4 is 11.6 Å². The van der Waals surface area contributed by atoms with Gasteiger partial charge in [0.05, 0.1) is 23.9 Å². The van der Waals surface area contributed by atoms with Crippen LogP contribution in [0.4, 0.5) is 5.69 Å². The first-order valence-corrected chi connectivity index (χ1v) is 6.59. The maximum Gasteiger partial charge on any atom is 0.253 e. The summed E-state index contributed by atoms with van der Waals surface area (Å²) in [6.07, 6.45) is 3.10. The van der Waals surface area contributed by atoms with E-state index in [2.05, 4.69) is 16.7 Å². The van der Waals surface area contributed by atoms with Gasteiger partial charge in [-0.15, -0.1) is 0 Å². The van der Waals surface area contributed by atoms with Gasteiger partial charge in [-0.25, -0.2) is 0 Å². The third-order valence-corrected chi connectivity index (χ3v) is 3.58. The summed E-state index contributed by atoms with van der Waals surface area (Å²) >= 11 is 0. The monoisotopic (exact) mass is 246 g/mol. The van der Waals surface area contributed by atoms with Gasteiger partial charge in [-0.3, -0.25) is 4.79 Å². The molecule has 18 heavy (non-hydrogen) atoms. The van der Waals surface area contributed by atoms with Crippen LogP contribution in [-0.2, 0) is 11.2 Å². The van der Waals surface area contributed by atoms with Crippen LogP contribution < -0.4 is 10.6 Å². The first-order valence-electron chi connectivity index (χ1n) is 6.59. The van der Waals surface area contributed by atoms with Gasteiger partial charge in [0.2, 0.25) is 0 Å². The van der Waals surface area contributed by atoms with E-state index < -0.39 is 0 Å². The zero-order chi connectivity index (χ0) is 12.4. The van der Waals surface area contributed by atoms with Gasteiger partial charge in [-0.2, -0.15) is 0 Å². The van der Waals surface area contributed by atoms with E-state index >= 15 is 0 Å². The Kier molecular flexibility index (Phi) is 3.19. The van der Waals surface area contributed by atoms with E-state index in [0.29, 0.717) is 6.61 Å². The SMILES string of the molecule is O=C(NC1CCOC1)c1cccc2c1NCCC2. The number of anilines is 1. The molecule has 0 spiro atoms. The van der Waals surface area contributed by atoms with Gasteiger partial charge in [0.15, 0.2) is 0 Å². The van der Waals surface area contributed by atoms with Crippen LogP contribution in [0.15, 0.2) is 18.2 Å². The maximum absolute atomic E-state index is 12.3. The summed E-state index contributed by atoms with van der Waals surface area (Å²) in [6.45, 7) is 2.33. The second kappa shape index (κ2) is 4.98. The van der Waals surface area contributed by atoms with Crippen molar-refractivity contribution in [3.8, 4) is 0 Å². The number of para-hydroxylation sites is 1. The summed E-state index contributed by atoms with van der Waals surface area (Å²) in [4.78, 5) is 12.3. The molecule has 96 valence electrons. The van der Waals surface area contributed by atoms with E-state index in [1.807, 2.05) is 12.1 Å². The fourth-order valence-electron chi connectivity index (χ4n) is 2.61. The smallest absolute Gasteiger partial charge is 0.253 e. The Balaban J connectivity index is 1.80. The zero-order valence-electron chi connectivity index (χ0n) is 10.4. The summed E-state index contributed by atoms with van der Waals surface area (Å²) in [7, 11) is 0. The minimum atomic E-state index is 0.0109. The topological polar surface area (TPSA) is 50.4 Å². The Morgan fingerprint density at radius 1 is 1.44 bits per heavy atom.